The number of hydrogen-bond acceptors (Lipinski definition) is 7. The number of carbonyl (C=O) groups is 2. The Balaban J connectivity index is 1.61. The van der Waals surface area contributed by atoms with Crippen molar-refractivity contribution in [1.82, 2.24) is 0 Å². The maximum Gasteiger partial charge on any atom is 0.363 e. The molecule has 0 radical (unpaired) electrons. The highest BCUT2D eigenvalue weighted by molar-refractivity contribution is 6.31. The average Bonchev–Trinajstić information content (AvgIpc) is 3.21. The third-order valence-electron chi connectivity index (χ3n) is 5.07. The fourth-order valence-corrected chi connectivity index (χ4v) is 3.52. The Kier molecular flexibility index (Phi) is 7.17. The van der Waals surface area contributed by atoms with Crippen molar-refractivity contribution in [3.63, 3.8) is 0 Å². The van der Waals surface area contributed by atoms with E-state index in [1.165, 1.54) is 7.11 Å². The van der Waals surface area contributed by atoms with E-state index in [1.54, 1.807) is 54.6 Å². The SMILES string of the molecule is CCOc1cc(/C=C2\N=C(c3cc(Cl)ccc3OC)OC2=O)ccc1OC(=O)c1ccc(C)cc1. The number of halogens is 1. The second-order valence-corrected chi connectivity index (χ2v) is 8.01. The number of aryl methyl sites for hydroxylation is 1. The van der Waals surface area contributed by atoms with Gasteiger partial charge in [0.1, 0.15) is 5.75 Å². The van der Waals surface area contributed by atoms with Crippen LogP contribution in [0.5, 0.6) is 17.2 Å². The van der Waals surface area contributed by atoms with Crippen LogP contribution in [0.25, 0.3) is 6.08 Å². The Morgan fingerprint density at radius 3 is 2.49 bits per heavy atom. The lowest BCUT2D eigenvalue weighted by Crippen LogP contribution is -2.09. The second kappa shape index (κ2) is 10.4. The van der Waals surface area contributed by atoms with Gasteiger partial charge in [-0.3, -0.25) is 0 Å². The maximum absolute atomic E-state index is 12.5. The zero-order valence-corrected chi connectivity index (χ0v) is 20.1. The molecule has 1 aliphatic heterocycles. The fraction of sp³-hybridized carbons (Fsp3) is 0.148. The summed E-state index contributed by atoms with van der Waals surface area (Å²) in [5.41, 5.74) is 2.63. The van der Waals surface area contributed by atoms with Gasteiger partial charge in [-0.05, 0) is 68.0 Å². The van der Waals surface area contributed by atoms with E-state index >= 15 is 0 Å². The summed E-state index contributed by atoms with van der Waals surface area (Å²) in [6.45, 7) is 4.11. The molecule has 178 valence electrons. The first-order valence-electron chi connectivity index (χ1n) is 10.8. The topological polar surface area (TPSA) is 83.4 Å². The quantitative estimate of drug-likeness (QED) is 0.242. The molecule has 0 fully saturated rings. The van der Waals surface area contributed by atoms with E-state index in [-0.39, 0.29) is 17.3 Å². The lowest BCUT2D eigenvalue weighted by Gasteiger charge is -2.11. The van der Waals surface area contributed by atoms with Crippen molar-refractivity contribution < 1.29 is 28.5 Å². The number of methoxy groups -OCH3 is 1. The van der Waals surface area contributed by atoms with Crippen LogP contribution in [-0.2, 0) is 9.53 Å². The fourth-order valence-electron chi connectivity index (χ4n) is 3.35. The van der Waals surface area contributed by atoms with Gasteiger partial charge >= 0.3 is 11.9 Å². The van der Waals surface area contributed by atoms with Crippen LogP contribution in [0.1, 0.15) is 34.0 Å². The standard InChI is InChI=1S/C27H22ClNO6/c1-4-33-24-14-17(7-11-23(24)34-26(30)18-8-5-16(2)6-9-18)13-21-27(31)35-25(29-21)20-15-19(28)10-12-22(20)32-3/h5-15H,4H2,1-3H3/b21-13-. The number of rotatable bonds is 7. The molecule has 0 aromatic heterocycles. The first-order chi connectivity index (χ1) is 16.9. The van der Waals surface area contributed by atoms with Crippen molar-refractivity contribution in [3.8, 4) is 17.2 Å². The minimum absolute atomic E-state index is 0.0916. The highest BCUT2D eigenvalue weighted by atomic mass is 35.5. The molecule has 7 nitrogen and oxygen atoms in total. The molecular formula is C27H22ClNO6. The molecule has 0 saturated heterocycles. The Morgan fingerprint density at radius 1 is 1.03 bits per heavy atom. The molecule has 0 bridgehead atoms. The number of nitrogens with zero attached hydrogens (tertiary/aromatic N) is 1. The first-order valence-corrected chi connectivity index (χ1v) is 11.2. The van der Waals surface area contributed by atoms with Gasteiger partial charge in [-0.2, -0.15) is 0 Å². The summed E-state index contributed by atoms with van der Waals surface area (Å²) in [4.78, 5) is 29.3. The summed E-state index contributed by atoms with van der Waals surface area (Å²) in [6, 6.07) is 17.0. The Labute approximate surface area is 207 Å². The highest BCUT2D eigenvalue weighted by Crippen LogP contribution is 2.32. The molecule has 0 spiro atoms. The van der Waals surface area contributed by atoms with Crippen molar-refractivity contribution in [2.24, 2.45) is 4.99 Å². The molecule has 3 aromatic rings. The van der Waals surface area contributed by atoms with Crippen molar-refractivity contribution in [1.29, 1.82) is 0 Å². The van der Waals surface area contributed by atoms with Crippen LogP contribution >= 0.6 is 11.6 Å². The van der Waals surface area contributed by atoms with E-state index in [2.05, 4.69) is 4.99 Å². The molecule has 1 aliphatic rings. The zero-order valence-electron chi connectivity index (χ0n) is 19.3. The number of carbonyl (C=O) groups excluding carboxylic acids is 2. The monoisotopic (exact) mass is 491 g/mol. The molecule has 0 unspecified atom stereocenters. The number of esters is 2. The summed E-state index contributed by atoms with van der Waals surface area (Å²) < 4.78 is 21.9. The number of cyclic esters (lactones) is 1. The Hall–Kier alpha value is -4.10. The van der Waals surface area contributed by atoms with E-state index in [4.69, 9.17) is 30.5 Å². The number of hydrogen-bond donors (Lipinski definition) is 0. The third-order valence-corrected chi connectivity index (χ3v) is 5.31. The van der Waals surface area contributed by atoms with E-state index < -0.39 is 11.9 Å². The Morgan fingerprint density at radius 2 is 1.77 bits per heavy atom. The highest BCUT2D eigenvalue weighted by Gasteiger charge is 2.27. The molecule has 0 N–H and O–H groups in total. The molecule has 0 saturated carbocycles. The van der Waals surface area contributed by atoms with E-state index in [0.717, 1.165) is 5.56 Å². The van der Waals surface area contributed by atoms with Gasteiger partial charge in [0.15, 0.2) is 17.2 Å². The van der Waals surface area contributed by atoms with Crippen molar-refractivity contribution in [2.75, 3.05) is 13.7 Å². The van der Waals surface area contributed by atoms with Crippen LogP contribution in [0.2, 0.25) is 5.02 Å². The Bertz CT molecular complexity index is 1340. The molecule has 0 amide bonds. The lowest BCUT2D eigenvalue weighted by molar-refractivity contribution is -0.129. The number of ether oxygens (including phenoxy) is 4. The largest absolute Gasteiger partial charge is 0.496 e. The first kappa shape index (κ1) is 24.0. The van der Waals surface area contributed by atoms with E-state index in [9.17, 15) is 9.59 Å². The van der Waals surface area contributed by atoms with Crippen molar-refractivity contribution >= 4 is 35.5 Å². The van der Waals surface area contributed by atoms with Crippen LogP contribution in [0.15, 0.2) is 71.4 Å². The molecule has 0 aliphatic carbocycles. The molecule has 3 aromatic carbocycles. The van der Waals surface area contributed by atoms with Gasteiger partial charge in [-0.1, -0.05) is 35.4 Å². The summed E-state index contributed by atoms with van der Waals surface area (Å²) in [5, 5.41) is 0.453. The van der Waals surface area contributed by atoms with Crippen LogP contribution in [-0.4, -0.2) is 31.6 Å². The zero-order chi connectivity index (χ0) is 24.9. The molecule has 1 heterocycles. The van der Waals surface area contributed by atoms with Gasteiger partial charge < -0.3 is 18.9 Å². The van der Waals surface area contributed by atoms with Crippen LogP contribution in [0.4, 0.5) is 0 Å². The van der Waals surface area contributed by atoms with Gasteiger partial charge in [0, 0.05) is 5.02 Å². The predicted octanol–water partition coefficient (Wildman–Crippen LogP) is 5.62. The van der Waals surface area contributed by atoms with Crippen LogP contribution in [0, 0.1) is 6.92 Å². The van der Waals surface area contributed by atoms with Crippen LogP contribution < -0.4 is 14.2 Å². The minimum Gasteiger partial charge on any atom is -0.496 e. The molecule has 4 rings (SSSR count). The van der Waals surface area contributed by atoms with Crippen molar-refractivity contribution in [2.45, 2.75) is 13.8 Å². The smallest absolute Gasteiger partial charge is 0.363 e. The summed E-state index contributed by atoms with van der Waals surface area (Å²) in [5.74, 6) is 0.0710. The molecule has 35 heavy (non-hydrogen) atoms. The van der Waals surface area contributed by atoms with Crippen molar-refractivity contribution in [3.05, 3.63) is 93.6 Å². The molecule has 8 heteroatoms. The lowest BCUT2D eigenvalue weighted by atomic mass is 10.1. The minimum atomic E-state index is -0.616. The van der Waals surface area contributed by atoms with E-state index in [0.29, 0.717) is 39.8 Å². The number of benzene rings is 3. The maximum atomic E-state index is 12.5. The molecule has 0 atom stereocenters. The second-order valence-electron chi connectivity index (χ2n) is 7.58. The normalized spacial score (nSPS) is 13.9. The summed E-state index contributed by atoms with van der Waals surface area (Å²) >= 11 is 6.08. The third kappa shape index (κ3) is 5.53. The van der Waals surface area contributed by atoms with E-state index in [1.807, 2.05) is 26.0 Å². The van der Waals surface area contributed by atoms with Crippen LogP contribution in [0.3, 0.4) is 0 Å². The van der Waals surface area contributed by atoms with Gasteiger partial charge in [0.2, 0.25) is 5.90 Å². The number of aliphatic imine (C=N–C) groups is 1. The van der Waals surface area contributed by atoms with Gasteiger partial charge in [-0.25, -0.2) is 14.6 Å². The van der Waals surface area contributed by atoms with Gasteiger partial charge in [-0.15, -0.1) is 0 Å². The average molecular weight is 492 g/mol. The predicted molar refractivity (Wildman–Crippen MR) is 132 cm³/mol. The van der Waals surface area contributed by atoms with Gasteiger partial charge in [0.05, 0.1) is 24.8 Å². The summed E-state index contributed by atoms with van der Waals surface area (Å²) in [7, 11) is 1.50. The summed E-state index contributed by atoms with van der Waals surface area (Å²) in [6.07, 6.45) is 1.56. The van der Waals surface area contributed by atoms with Gasteiger partial charge in [0.25, 0.3) is 0 Å². The molecular weight excluding hydrogens is 470 g/mol.